The monoisotopic (exact) mass is 238 g/mol. The fourth-order valence-electron chi connectivity index (χ4n) is 2.62. The minimum absolute atomic E-state index is 0.0677. The molecule has 4 heteroatoms. The van der Waals surface area contributed by atoms with E-state index in [-0.39, 0.29) is 11.9 Å². The van der Waals surface area contributed by atoms with Gasteiger partial charge in [0.15, 0.2) is 6.10 Å². The molecule has 0 radical (unpaired) electrons. The molecular weight excluding hydrogens is 220 g/mol. The number of fused-ring (bicyclic) bond motifs is 2. The first kappa shape index (κ1) is 12.1. The van der Waals surface area contributed by atoms with Crippen molar-refractivity contribution in [2.24, 2.45) is 17.8 Å². The van der Waals surface area contributed by atoms with Crippen molar-refractivity contribution in [1.29, 1.82) is 0 Å². The molecule has 17 heavy (non-hydrogen) atoms. The van der Waals surface area contributed by atoms with E-state index in [1.54, 1.807) is 13.8 Å². The minimum Gasteiger partial charge on any atom is -0.463 e. The van der Waals surface area contributed by atoms with Crippen LogP contribution in [0.2, 0.25) is 0 Å². The summed E-state index contributed by atoms with van der Waals surface area (Å²) >= 11 is 0. The number of carbonyl (C=O) groups excluding carboxylic acids is 2. The van der Waals surface area contributed by atoms with Crippen molar-refractivity contribution in [3.8, 4) is 0 Å². The lowest BCUT2D eigenvalue weighted by Crippen LogP contribution is -2.31. The lowest BCUT2D eigenvalue weighted by molar-refractivity contribution is -0.169. The molecule has 94 valence electrons. The van der Waals surface area contributed by atoms with E-state index >= 15 is 0 Å². The lowest BCUT2D eigenvalue weighted by Gasteiger charge is -2.19. The van der Waals surface area contributed by atoms with Gasteiger partial charge < -0.3 is 9.47 Å². The van der Waals surface area contributed by atoms with Crippen LogP contribution in [0.25, 0.3) is 0 Å². The third-order valence-corrected chi connectivity index (χ3v) is 3.49. The summed E-state index contributed by atoms with van der Waals surface area (Å²) in [6.45, 7) is 3.59. The van der Waals surface area contributed by atoms with E-state index in [1.807, 2.05) is 0 Å². The molecule has 0 heterocycles. The third kappa shape index (κ3) is 2.51. The number of carbonyl (C=O) groups is 2. The zero-order chi connectivity index (χ0) is 12.4. The lowest BCUT2D eigenvalue weighted by atomic mass is 9.94. The quantitative estimate of drug-likeness (QED) is 0.552. The van der Waals surface area contributed by atoms with Crippen LogP contribution < -0.4 is 0 Å². The van der Waals surface area contributed by atoms with E-state index in [1.165, 1.54) is 0 Å². The van der Waals surface area contributed by atoms with Gasteiger partial charge in [-0.05, 0) is 38.5 Å². The maximum Gasteiger partial charge on any atom is 0.347 e. The third-order valence-electron chi connectivity index (χ3n) is 3.49. The molecule has 0 aromatic carbocycles. The molecule has 0 aromatic rings. The number of hydrogen-bond acceptors (Lipinski definition) is 4. The minimum atomic E-state index is -0.800. The van der Waals surface area contributed by atoms with Gasteiger partial charge in [-0.2, -0.15) is 0 Å². The van der Waals surface area contributed by atoms with Crippen molar-refractivity contribution in [1.82, 2.24) is 0 Å². The molecule has 0 N–H and O–H groups in total. The predicted octanol–water partition coefficient (Wildman–Crippen LogP) is 1.69. The van der Waals surface area contributed by atoms with Gasteiger partial charge >= 0.3 is 11.9 Å². The van der Waals surface area contributed by atoms with Gasteiger partial charge in [-0.25, -0.2) is 4.79 Å². The highest BCUT2D eigenvalue weighted by Gasteiger charge is 2.41. The van der Waals surface area contributed by atoms with Crippen LogP contribution >= 0.6 is 0 Å². The van der Waals surface area contributed by atoms with Gasteiger partial charge in [0, 0.05) is 0 Å². The summed E-state index contributed by atoms with van der Waals surface area (Å²) in [5.74, 6) is 0.0289. The molecule has 2 aliphatic carbocycles. The maximum absolute atomic E-state index is 11.9. The molecule has 2 rings (SSSR count). The molecule has 0 aliphatic heterocycles. The average Bonchev–Trinajstić information content (AvgIpc) is 2.90. The van der Waals surface area contributed by atoms with Gasteiger partial charge in [0.1, 0.15) is 0 Å². The van der Waals surface area contributed by atoms with Crippen LogP contribution in [0.5, 0.6) is 0 Å². The molecule has 4 nitrogen and oxygen atoms in total. The molecule has 2 bridgehead atoms. The van der Waals surface area contributed by atoms with Gasteiger partial charge in [-0.15, -0.1) is 0 Å². The average molecular weight is 238 g/mol. The maximum atomic E-state index is 11.9. The number of esters is 2. The Hall–Kier alpha value is -1.32. The van der Waals surface area contributed by atoms with Crippen LogP contribution in [-0.2, 0) is 19.1 Å². The molecule has 0 unspecified atom stereocenters. The number of ether oxygens (including phenoxy) is 2. The smallest absolute Gasteiger partial charge is 0.347 e. The van der Waals surface area contributed by atoms with Crippen molar-refractivity contribution in [3.63, 3.8) is 0 Å². The number of rotatable bonds is 4. The summed E-state index contributed by atoms with van der Waals surface area (Å²) in [6, 6.07) is 0. The topological polar surface area (TPSA) is 52.6 Å². The highest BCUT2D eigenvalue weighted by Crippen LogP contribution is 2.43. The molecular formula is C13H18O4. The fraction of sp³-hybridized carbons (Fsp3) is 0.692. The number of allylic oxidation sites excluding steroid dienone is 2. The second-order valence-electron chi connectivity index (χ2n) is 4.72. The summed E-state index contributed by atoms with van der Waals surface area (Å²) in [6.07, 6.45) is 5.37. The van der Waals surface area contributed by atoms with E-state index in [0.29, 0.717) is 18.4 Å². The summed E-state index contributed by atoms with van der Waals surface area (Å²) in [4.78, 5) is 23.2. The standard InChI is InChI=1S/C13H18O4/c1-3-16-12(14)8(2)17-13(15)11-7-9-4-5-10(11)6-9/h4-5,8-11H,3,6-7H2,1-2H3/t8-,9-,10+,11-/m0/s1. The summed E-state index contributed by atoms with van der Waals surface area (Å²) in [5, 5.41) is 0. The molecule has 0 aromatic heterocycles. The zero-order valence-electron chi connectivity index (χ0n) is 10.2. The first-order chi connectivity index (χ1) is 8.11. The molecule has 0 spiro atoms. The van der Waals surface area contributed by atoms with Crippen LogP contribution in [0, 0.1) is 17.8 Å². The van der Waals surface area contributed by atoms with Gasteiger partial charge in [0.05, 0.1) is 12.5 Å². The van der Waals surface area contributed by atoms with E-state index < -0.39 is 12.1 Å². The Bertz CT molecular complexity index is 347. The van der Waals surface area contributed by atoms with Crippen LogP contribution in [0.4, 0.5) is 0 Å². The second kappa shape index (κ2) is 4.90. The van der Waals surface area contributed by atoms with Gasteiger partial charge in [-0.1, -0.05) is 12.2 Å². The zero-order valence-corrected chi connectivity index (χ0v) is 10.2. The Balaban J connectivity index is 1.85. The molecule has 1 fully saturated rings. The van der Waals surface area contributed by atoms with E-state index in [4.69, 9.17) is 9.47 Å². The highest BCUT2D eigenvalue weighted by atomic mass is 16.6. The van der Waals surface area contributed by atoms with Crippen LogP contribution in [0.3, 0.4) is 0 Å². The first-order valence-electron chi connectivity index (χ1n) is 6.17. The highest BCUT2D eigenvalue weighted by molar-refractivity contribution is 5.80. The van der Waals surface area contributed by atoms with Gasteiger partial charge in [-0.3, -0.25) is 4.79 Å². The molecule has 0 amide bonds. The van der Waals surface area contributed by atoms with E-state index in [0.717, 1.165) is 12.8 Å². The predicted molar refractivity (Wildman–Crippen MR) is 61.0 cm³/mol. The largest absolute Gasteiger partial charge is 0.463 e. The van der Waals surface area contributed by atoms with Gasteiger partial charge in [0.2, 0.25) is 0 Å². The molecule has 4 atom stereocenters. The summed E-state index contributed by atoms with van der Waals surface area (Å²) in [7, 11) is 0. The van der Waals surface area contributed by atoms with Crippen LogP contribution in [0.15, 0.2) is 12.2 Å². The Morgan fingerprint density at radius 1 is 1.35 bits per heavy atom. The fourth-order valence-corrected chi connectivity index (χ4v) is 2.62. The number of hydrogen-bond donors (Lipinski definition) is 0. The Morgan fingerprint density at radius 2 is 2.12 bits per heavy atom. The first-order valence-corrected chi connectivity index (χ1v) is 6.17. The summed E-state index contributed by atoms with van der Waals surface area (Å²) in [5.41, 5.74) is 0. The summed E-state index contributed by atoms with van der Waals surface area (Å²) < 4.78 is 9.95. The normalized spacial score (nSPS) is 31.3. The Morgan fingerprint density at radius 3 is 2.65 bits per heavy atom. The SMILES string of the molecule is CCOC(=O)[C@H](C)OC(=O)[C@H]1C[C@H]2C=C[C@@H]1C2. The van der Waals surface area contributed by atoms with E-state index in [2.05, 4.69) is 12.2 Å². The van der Waals surface area contributed by atoms with Crippen LogP contribution in [0.1, 0.15) is 26.7 Å². The molecule has 0 saturated heterocycles. The molecule has 2 aliphatic rings. The van der Waals surface area contributed by atoms with Crippen molar-refractivity contribution in [2.75, 3.05) is 6.61 Å². The Kier molecular flexibility index (Phi) is 3.50. The second-order valence-corrected chi connectivity index (χ2v) is 4.72. The molecule has 1 saturated carbocycles. The van der Waals surface area contributed by atoms with Crippen molar-refractivity contribution < 1.29 is 19.1 Å². The Labute approximate surface area is 101 Å². The van der Waals surface area contributed by atoms with E-state index in [9.17, 15) is 9.59 Å². The van der Waals surface area contributed by atoms with Crippen molar-refractivity contribution in [3.05, 3.63) is 12.2 Å². The van der Waals surface area contributed by atoms with Crippen LogP contribution in [-0.4, -0.2) is 24.6 Å². The van der Waals surface area contributed by atoms with Gasteiger partial charge in [0.25, 0.3) is 0 Å². The van der Waals surface area contributed by atoms with Crippen molar-refractivity contribution >= 4 is 11.9 Å². The van der Waals surface area contributed by atoms with Crippen molar-refractivity contribution in [2.45, 2.75) is 32.8 Å².